The lowest BCUT2D eigenvalue weighted by Crippen LogP contribution is -2.61. The first-order valence-corrected chi connectivity index (χ1v) is 27.5. The van der Waals surface area contributed by atoms with Crippen LogP contribution in [0.2, 0.25) is 0 Å². The highest BCUT2D eigenvalue weighted by Crippen LogP contribution is 2.37. The largest absolute Gasteiger partial charge is 0.459 e. The van der Waals surface area contributed by atoms with Crippen molar-refractivity contribution in [3.63, 3.8) is 0 Å². The van der Waals surface area contributed by atoms with E-state index in [0.717, 1.165) is 16.0 Å². The Kier molecular flexibility index (Phi) is 24.4. The number of hydrogen-bond donors (Lipinski definition) is 4. The number of methoxy groups -OCH3 is 3. The number of allylic oxidation sites excluding steroid dienone is 6. The molecule has 2 amide bonds. The molecule has 78 heavy (non-hydrogen) atoms. The number of hydrogen-bond acceptors (Lipinski definition) is 16. The molecule has 430 valence electrons. The summed E-state index contributed by atoms with van der Waals surface area (Å²) in [6.45, 7) is 10.7. The SMILES string of the molecule is CO[C@H]1C[C@@H]2CC[C@@H](C)[C@@](O)(O2)C(=O)C(=O)N2CCCC[C@H]2C(=O)O[C@H]([C@H](N)C[C@@H]2CC[C@@H](OC(=O)NCc3ccc(N=[N+]=[N-])cc3)[C@H](OC)C2)CC(=O)[C@H](C)/C=C(\C)[C@@H](O)[C@@H](OC)C(=O)[C@H](C)C[C@H](C)/C=C/C=C/C=C/1C. The van der Waals surface area contributed by atoms with Crippen molar-refractivity contribution in [1.29, 1.82) is 0 Å². The van der Waals surface area contributed by atoms with Crippen molar-refractivity contribution in [1.82, 2.24) is 10.2 Å². The van der Waals surface area contributed by atoms with E-state index >= 15 is 0 Å². The van der Waals surface area contributed by atoms with Gasteiger partial charge in [-0.05, 0) is 112 Å². The van der Waals surface area contributed by atoms with Crippen LogP contribution in [0.3, 0.4) is 0 Å². The van der Waals surface area contributed by atoms with Crippen LogP contribution >= 0.6 is 0 Å². The number of nitrogens with two attached hydrogens (primary N) is 1. The Balaban J connectivity index is 1.40. The number of ketones is 3. The molecule has 5 N–H and O–H groups in total. The smallest absolute Gasteiger partial charge is 0.407 e. The topological polar surface area (TPSA) is 288 Å². The van der Waals surface area contributed by atoms with Gasteiger partial charge in [0.05, 0.1) is 18.3 Å². The number of Topliss-reactive ketones (excluding diaryl/α,β-unsaturated/α-hetero) is 3. The molecule has 1 aromatic rings. The number of piperidine rings is 1. The van der Waals surface area contributed by atoms with Crippen LogP contribution in [0.25, 0.3) is 10.4 Å². The maximum Gasteiger partial charge on any atom is 0.407 e. The number of alkyl carbamates (subject to hydrolysis) is 1. The predicted octanol–water partition coefficient (Wildman–Crippen LogP) is 7.75. The molecule has 3 fully saturated rings. The molecule has 3 heterocycles. The number of esters is 1. The number of nitrogens with one attached hydrogen (secondary N) is 1. The Labute approximate surface area is 459 Å². The molecule has 0 unspecified atom stereocenters. The molecule has 4 aliphatic rings. The number of carbonyl (C=O) groups excluding carboxylic acids is 6. The van der Waals surface area contributed by atoms with Gasteiger partial charge in [-0.3, -0.25) is 19.2 Å². The van der Waals surface area contributed by atoms with E-state index in [1.807, 2.05) is 44.2 Å². The zero-order chi connectivity index (χ0) is 57.3. The second-order valence-electron chi connectivity index (χ2n) is 21.9. The number of amides is 2. The summed E-state index contributed by atoms with van der Waals surface area (Å²) in [5, 5.41) is 29.9. The number of fused-ring (bicyclic) bond motifs is 3. The van der Waals surface area contributed by atoms with Crippen molar-refractivity contribution in [2.45, 2.75) is 186 Å². The third-order valence-electron chi connectivity index (χ3n) is 16.0. The molecular formula is C58H84N6O14. The van der Waals surface area contributed by atoms with E-state index in [4.69, 9.17) is 39.7 Å². The maximum atomic E-state index is 14.6. The molecule has 15 atom stereocenters. The van der Waals surface area contributed by atoms with Crippen LogP contribution in [-0.2, 0) is 58.9 Å². The summed E-state index contributed by atoms with van der Waals surface area (Å²) in [6.07, 6.45) is 8.38. The van der Waals surface area contributed by atoms with Gasteiger partial charge >= 0.3 is 12.1 Å². The van der Waals surface area contributed by atoms with Crippen LogP contribution < -0.4 is 11.1 Å². The number of carbonyl (C=O) groups is 6. The van der Waals surface area contributed by atoms with Gasteiger partial charge in [-0.2, -0.15) is 0 Å². The van der Waals surface area contributed by atoms with Crippen molar-refractivity contribution in [3.8, 4) is 0 Å². The molecule has 20 heteroatoms. The first-order chi connectivity index (χ1) is 37.1. The molecule has 3 aliphatic heterocycles. The van der Waals surface area contributed by atoms with Gasteiger partial charge in [0.2, 0.25) is 5.79 Å². The van der Waals surface area contributed by atoms with E-state index in [1.54, 1.807) is 65.1 Å². The van der Waals surface area contributed by atoms with Gasteiger partial charge in [0.15, 0.2) is 5.78 Å². The van der Waals surface area contributed by atoms with Crippen LogP contribution in [0.4, 0.5) is 10.5 Å². The Morgan fingerprint density at radius 3 is 2.32 bits per heavy atom. The number of azide groups is 1. The van der Waals surface area contributed by atoms with Crippen LogP contribution in [0.5, 0.6) is 0 Å². The quantitative estimate of drug-likeness (QED) is 0.0435. The van der Waals surface area contributed by atoms with Crippen molar-refractivity contribution in [3.05, 3.63) is 87.9 Å². The zero-order valence-electron chi connectivity index (χ0n) is 46.9. The predicted molar refractivity (Wildman–Crippen MR) is 290 cm³/mol. The van der Waals surface area contributed by atoms with Gasteiger partial charge < -0.3 is 54.6 Å². The summed E-state index contributed by atoms with van der Waals surface area (Å²) in [7, 11) is 4.43. The minimum absolute atomic E-state index is 0.0162. The van der Waals surface area contributed by atoms with Crippen LogP contribution in [0.15, 0.2) is 77.0 Å². The van der Waals surface area contributed by atoms with E-state index in [9.17, 15) is 39.0 Å². The molecule has 0 spiro atoms. The highest BCUT2D eigenvalue weighted by atomic mass is 16.6. The lowest BCUT2D eigenvalue weighted by molar-refractivity contribution is -0.265. The molecule has 20 nitrogen and oxygen atoms in total. The summed E-state index contributed by atoms with van der Waals surface area (Å²) in [5.74, 6) is -8.56. The Bertz CT molecular complexity index is 2400. The first kappa shape index (κ1) is 63.3. The number of rotatable bonds is 10. The summed E-state index contributed by atoms with van der Waals surface area (Å²) in [6, 6.07) is 4.53. The fourth-order valence-corrected chi connectivity index (χ4v) is 11.1. The molecule has 2 saturated heterocycles. The lowest BCUT2D eigenvalue weighted by atomic mass is 9.80. The minimum atomic E-state index is -2.49. The fourth-order valence-electron chi connectivity index (χ4n) is 11.1. The number of aliphatic hydroxyl groups is 2. The van der Waals surface area contributed by atoms with E-state index in [0.29, 0.717) is 62.6 Å². The standard InChI is InChI=1S/C58H84N6O14/c1-34-15-11-10-12-16-35(2)48(73-7)31-43-24-18-39(6)58(72,78-43)54(68)55(69)64-26-14-13-17-45(64)56(70)76-49(32-46(65)36(3)28-38(5)52(67)53(75-9)51(66)37(4)27-34)44(59)29-41-21-25-47(50(30-41)74-8)77-57(71)61-33-40-19-22-42(23-20-40)62-63-60/h10-12,15-16,19-20,22-23,28,34,36-37,39,41,43-45,47-50,52-53,67,72H,13-14,17-18,21,24-27,29-33,59H2,1-9H3,(H,61,71)/b12-10+,15-11+,35-16+,38-28+/t34-,36-,37-,39-,41+,43+,44-,45+,47-,48+,49+,50-,52-,53+,58-/m1/s1. The van der Waals surface area contributed by atoms with E-state index in [1.165, 1.54) is 14.2 Å². The van der Waals surface area contributed by atoms with E-state index in [2.05, 4.69) is 15.3 Å². The first-order valence-electron chi connectivity index (χ1n) is 27.5. The van der Waals surface area contributed by atoms with Crippen molar-refractivity contribution in [2.75, 3.05) is 27.9 Å². The molecule has 0 radical (unpaired) electrons. The highest BCUT2D eigenvalue weighted by molar-refractivity contribution is 6.39. The van der Waals surface area contributed by atoms with Gasteiger partial charge in [0.25, 0.3) is 11.7 Å². The average molecular weight is 1090 g/mol. The summed E-state index contributed by atoms with van der Waals surface area (Å²) >= 11 is 0. The number of aliphatic hydroxyl groups excluding tert-OH is 1. The normalized spacial score (nSPS) is 35.3. The maximum absolute atomic E-state index is 14.6. The monoisotopic (exact) mass is 1090 g/mol. The Morgan fingerprint density at radius 2 is 1.64 bits per heavy atom. The third-order valence-corrected chi connectivity index (χ3v) is 16.0. The van der Waals surface area contributed by atoms with Crippen LogP contribution in [0, 0.1) is 29.6 Å². The van der Waals surface area contributed by atoms with Crippen molar-refractivity contribution >= 4 is 41.0 Å². The van der Waals surface area contributed by atoms with Crippen LogP contribution in [0.1, 0.15) is 124 Å². The van der Waals surface area contributed by atoms with Gasteiger partial charge in [-0.15, -0.1) is 0 Å². The fraction of sp³-hybridized carbons (Fsp3) is 0.655. The second kappa shape index (κ2) is 30.1. The number of cyclic esters (lactones) is 1. The Hall–Kier alpha value is -5.57. The molecular weight excluding hydrogens is 1000 g/mol. The van der Waals surface area contributed by atoms with Gasteiger partial charge in [-0.1, -0.05) is 93.5 Å². The second-order valence-corrected chi connectivity index (χ2v) is 21.9. The molecule has 1 saturated carbocycles. The van der Waals surface area contributed by atoms with Gasteiger partial charge in [-0.25, -0.2) is 9.59 Å². The van der Waals surface area contributed by atoms with E-state index < -0.39 is 102 Å². The van der Waals surface area contributed by atoms with Gasteiger partial charge in [0.1, 0.15) is 36.2 Å². The number of benzene rings is 1. The number of ether oxygens (including phenoxy) is 6. The summed E-state index contributed by atoms with van der Waals surface area (Å²) in [4.78, 5) is 88.2. The van der Waals surface area contributed by atoms with Gasteiger partial charge in [0, 0.05) is 81.7 Å². The molecule has 1 aromatic carbocycles. The summed E-state index contributed by atoms with van der Waals surface area (Å²) in [5.41, 5.74) is 18.0. The Morgan fingerprint density at radius 1 is 0.910 bits per heavy atom. The number of nitrogens with zero attached hydrogens (tertiary/aromatic N) is 4. The van der Waals surface area contributed by atoms with Crippen molar-refractivity contribution < 1.29 is 67.4 Å². The molecule has 1 aliphatic carbocycles. The molecule has 0 aromatic heterocycles. The highest BCUT2D eigenvalue weighted by Gasteiger charge is 2.53. The van der Waals surface area contributed by atoms with E-state index in [-0.39, 0.29) is 62.2 Å². The minimum Gasteiger partial charge on any atom is -0.459 e. The molecule has 5 rings (SSSR count). The van der Waals surface area contributed by atoms with Crippen LogP contribution in [-0.4, -0.2) is 139 Å². The zero-order valence-corrected chi connectivity index (χ0v) is 46.9. The van der Waals surface area contributed by atoms with Crippen molar-refractivity contribution in [2.24, 2.45) is 40.4 Å². The average Bonchev–Trinajstić information content (AvgIpc) is 3.45. The lowest BCUT2D eigenvalue weighted by Gasteiger charge is -2.42. The summed E-state index contributed by atoms with van der Waals surface area (Å²) < 4.78 is 35.4. The third kappa shape index (κ3) is 17.2. The molecule has 2 bridgehead atoms.